The lowest BCUT2D eigenvalue weighted by Crippen LogP contribution is -2.25. The second-order valence-electron chi connectivity index (χ2n) is 11.8. The van der Waals surface area contributed by atoms with Gasteiger partial charge in [0.1, 0.15) is 0 Å². The average molecular weight is 999 g/mol. The van der Waals surface area contributed by atoms with E-state index >= 15 is 0 Å². The minimum atomic E-state index is -1.58. The van der Waals surface area contributed by atoms with Crippen LogP contribution in [0.5, 0.6) is 5.75 Å². The van der Waals surface area contributed by atoms with Crippen LogP contribution in [-0.4, -0.2) is 58.7 Å². The van der Waals surface area contributed by atoms with Crippen LogP contribution < -0.4 is 9.84 Å². The Morgan fingerprint density at radius 3 is 1.96 bits per heavy atom. The van der Waals surface area contributed by atoms with Gasteiger partial charge < -0.3 is 29.6 Å². The summed E-state index contributed by atoms with van der Waals surface area (Å²) < 4.78 is 11.3. The van der Waals surface area contributed by atoms with E-state index in [0.29, 0.717) is 33.4 Å². The number of aromatic carboxylic acids is 3. The number of carboxylic acid groups (broad SMARTS) is 3. The first kappa shape index (κ1) is 39.4. The van der Waals surface area contributed by atoms with E-state index in [1.165, 1.54) is 12.1 Å². The van der Waals surface area contributed by atoms with E-state index in [-0.39, 0.29) is 52.6 Å². The number of Topliss-reactive ketones (excluding diaryl/α,β-unsaturated/α-hetero) is 1. The Bertz CT molecular complexity index is 2580. The van der Waals surface area contributed by atoms with Crippen LogP contribution in [0.15, 0.2) is 102 Å². The molecule has 4 aromatic rings. The molecule has 6 rings (SSSR count). The predicted molar refractivity (Wildman–Crippen MR) is 207 cm³/mol. The lowest BCUT2D eigenvalue weighted by molar-refractivity contribution is -0.255. The molecule has 12 nitrogen and oxygen atoms in total. The van der Waals surface area contributed by atoms with Crippen molar-refractivity contribution in [3.8, 4) is 5.75 Å². The van der Waals surface area contributed by atoms with Crippen LogP contribution in [0.4, 0.5) is 0 Å². The molecule has 4 aromatic carbocycles. The van der Waals surface area contributed by atoms with Gasteiger partial charge in [-0.05, 0) is 134 Å². The highest BCUT2D eigenvalue weighted by molar-refractivity contribution is 9.13. The largest absolute Gasteiger partial charge is 0.545 e. The first-order chi connectivity index (χ1) is 26.0. The fourth-order valence-corrected chi connectivity index (χ4v) is 8.84. The zero-order valence-electron chi connectivity index (χ0n) is 27.6. The number of carbonyl (C=O) groups is 7. The Morgan fingerprint density at radius 1 is 0.727 bits per heavy atom. The highest BCUT2D eigenvalue weighted by atomic mass is 79.9. The molecule has 0 amide bonds. The number of hydrogen-bond acceptors (Lipinski definition) is 10. The van der Waals surface area contributed by atoms with Crippen molar-refractivity contribution >= 4 is 111 Å². The smallest absolute Gasteiger partial charge is 0.344 e. The van der Waals surface area contributed by atoms with Crippen molar-refractivity contribution in [2.45, 2.75) is 6.42 Å². The first-order valence-electron chi connectivity index (χ1n) is 15.5. The van der Waals surface area contributed by atoms with Gasteiger partial charge >= 0.3 is 23.9 Å². The molecular formula is C39H19Br4O12-. The fourth-order valence-electron chi connectivity index (χ4n) is 6.16. The Hall–Kier alpha value is -5.29. The van der Waals surface area contributed by atoms with Gasteiger partial charge in [0.25, 0.3) is 0 Å². The second-order valence-corrected chi connectivity index (χ2v) is 15.1. The molecule has 0 heterocycles. The Kier molecular flexibility index (Phi) is 11.1. The van der Waals surface area contributed by atoms with Crippen molar-refractivity contribution < 1.29 is 58.4 Å². The molecule has 0 atom stereocenters. The maximum atomic E-state index is 13.7. The average Bonchev–Trinajstić information content (AvgIpc) is 3.16. The molecule has 276 valence electrons. The molecule has 0 radical (unpaired) electrons. The number of allylic oxidation sites excluding steroid dienone is 5. The molecule has 0 aliphatic heterocycles. The maximum Gasteiger partial charge on any atom is 0.344 e. The highest BCUT2D eigenvalue weighted by Gasteiger charge is 2.35. The molecule has 0 bridgehead atoms. The zero-order valence-corrected chi connectivity index (χ0v) is 34.0. The maximum absolute atomic E-state index is 13.7. The number of halogens is 4. The van der Waals surface area contributed by atoms with Crippen LogP contribution in [0, 0.1) is 0 Å². The Labute approximate surface area is 343 Å². The molecule has 0 saturated heterocycles. The fraction of sp³-hybridized carbons (Fsp3) is 0.0513. The summed E-state index contributed by atoms with van der Waals surface area (Å²) in [6.45, 7) is 0. The van der Waals surface area contributed by atoms with E-state index in [4.69, 9.17) is 4.74 Å². The molecule has 0 spiro atoms. The first-order valence-corrected chi connectivity index (χ1v) is 18.7. The van der Waals surface area contributed by atoms with E-state index in [0.717, 1.165) is 37.4 Å². The number of ether oxygens (including phenoxy) is 2. The van der Waals surface area contributed by atoms with Gasteiger partial charge in [-0.2, -0.15) is 0 Å². The summed E-state index contributed by atoms with van der Waals surface area (Å²) in [7, 11) is 1.04. The summed E-state index contributed by atoms with van der Waals surface area (Å²) in [5, 5.41) is 31.8. The molecule has 0 unspecified atom stereocenters. The van der Waals surface area contributed by atoms with Crippen molar-refractivity contribution in [3.05, 3.63) is 157 Å². The van der Waals surface area contributed by atoms with Crippen molar-refractivity contribution in [2.75, 3.05) is 7.11 Å². The van der Waals surface area contributed by atoms with Gasteiger partial charge in [0.05, 0.1) is 53.2 Å². The second kappa shape index (κ2) is 15.5. The number of fused-ring (bicyclic) bond motifs is 2. The summed E-state index contributed by atoms with van der Waals surface area (Å²) >= 11 is 13.7. The normalized spacial score (nSPS) is 13.4. The van der Waals surface area contributed by atoms with Crippen LogP contribution in [0.3, 0.4) is 0 Å². The third kappa shape index (κ3) is 7.17. The molecule has 2 aliphatic carbocycles. The molecule has 2 aliphatic rings. The van der Waals surface area contributed by atoms with Crippen molar-refractivity contribution in [1.29, 1.82) is 0 Å². The number of rotatable bonds is 9. The minimum Gasteiger partial charge on any atom is -0.545 e. The summed E-state index contributed by atoms with van der Waals surface area (Å²) in [5.74, 6) is -7.76. The van der Waals surface area contributed by atoms with E-state index in [1.54, 1.807) is 30.3 Å². The van der Waals surface area contributed by atoms with Crippen LogP contribution in [0.2, 0.25) is 0 Å². The molecule has 2 N–H and O–H groups in total. The van der Waals surface area contributed by atoms with Gasteiger partial charge in [0.2, 0.25) is 5.78 Å². The summed E-state index contributed by atoms with van der Waals surface area (Å²) in [6.07, 6.45) is 1.72. The van der Waals surface area contributed by atoms with Crippen LogP contribution in [-0.2, 0) is 16.0 Å². The van der Waals surface area contributed by atoms with Gasteiger partial charge in [-0.15, -0.1) is 0 Å². The standard InChI is InChI=1S/C39H20Br4O12/c1-54-38(52)26-11-16(6-8-19(26)36(48)49)32(44)15-7-9-20(25(10-15)37(50)51)39(53)55-34-28(41)14-22-24(31(34)43)12-23-21(13-27(40)33(45)30(23)42)29(22)17-4-2-3-5-18(17)35(46)47/h2-11,13-14H,12H2,1H3,(H,46,47)(H,48,49)(H,50,51)/p-1. The third-order valence-electron chi connectivity index (χ3n) is 8.71. The highest BCUT2D eigenvalue weighted by Crippen LogP contribution is 2.51. The van der Waals surface area contributed by atoms with Crippen molar-refractivity contribution in [1.82, 2.24) is 0 Å². The monoisotopic (exact) mass is 995 g/mol. The lowest BCUT2D eigenvalue weighted by Gasteiger charge is -2.30. The van der Waals surface area contributed by atoms with Gasteiger partial charge in [0, 0.05) is 23.1 Å². The van der Waals surface area contributed by atoms with Gasteiger partial charge in [-0.3, -0.25) is 9.59 Å². The van der Waals surface area contributed by atoms with E-state index in [9.17, 15) is 48.9 Å². The lowest BCUT2D eigenvalue weighted by atomic mass is 9.76. The van der Waals surface area contributed by atoms with Gasteiger partial charge in [0.15, 0.2) is 11.5 Å². The Balaban J connectivity index is 1.42. The van der Waals surface area contributed by atoms with Gasteiger partial charge in [-0.1, -0.05) is 36.4 Å². The van der Waals surface area contributed by atoms with Crippen LogP contribution in [0.1, 0.15) is 84.4 Å². The van der Waals surface area contributed by atoms with Gasteiger partial charge in [-0.25, -0.2) is 19.2 Å². The number of ketones is 2. The number of hydrogen-bond donors (Lipinski definition) is 2. The van der Waals surface area contributed by atoms with E-state index in [1.807, 2.05) is 0 Å². The zero-order chi connectivity index (χ0) is 40.0. The van der Waals surface area contributed by atoms with Crippen molar-refractivity contribution in [2.24, 2.45) is 0 Å². The summed E-state index contributed by atoms with van der Waals surface area (Å²) in [4.78, 5) is 88.6. The van der Waals surface area contributed by atoms with E-state index in [2.05, 4.69) is 68.5 Å². The van der Waals surface area contributed by atoms with Crippen molar-refractivity contribution in [3.63, 3.8) is 0 Å². The number of carboxylic acids is 3. The minimum absolute atomic E-state index is 0.0688. The third-order valence-corrected chi connectivity index (χ3v) is 11.6. The Morgan fingerprint density at radius 2 is 1.35 bits per heavy atom. The molecule has 0 saturated carbocycles. The predicted octanol–water partition coefficient (Wildman–Crippen LogP) is 7.08. The number of esters is 2. The van der Waals surface area contributed by atoms with Crippen LogP contribution >= 0.6 is 63.7 Å². The molecule has 16 heteroatoms. The van der Waals surface area contributed by atoms with E-state index < -0.39 is 57.9 Å². The SMILES string of the molecule is COC(=O)c1cc(C(=O)c2ccc(C(=O)Oc3c(Br)cc4c(c3Br)CC3=C(Br)C(=O)C(Br)=CC3=C4c3ccccc3C(=O)[O-])c(C(=O)O)c2)ccc1C(=O)O. The molecular weight excluding hydrogens is 980 g/mol. The quantitative estimate of drug-likeness (QED) is 0.0983. The summed E-state index contributed by atoms with van der Waals surface area (Å²) in [5.41, 5.74) is 0.556. The topological polar surface area (TPSA) is 201 Å². The molecule has 55 heavy (non-hydrogen) atoms. The van der Waals surface area contributed by atoms with Crippen LogP contribution in [0.25, 0.3) is 5.57 Å². The molecule has 0 aromatic heterocycles. The number of benzene rings is 4. The molecule has 0 fully saturated rings. The number of methoxy groups -OCH3 is 1. The number of carbonyl (C=O) groups excluding carboxylic acids is 5. The summed E-state index contributed by atoms with van der Waals surface area (Å²) in [6, 6.07) is 14.2.